The smallest absolute Gasteiger partial charge is 0.411 e. The first-order valence-corrected chi connectivity index (χ1v) is 5.64. The maximum atomic E-state index is 12.5. The fourth-order valence-electron chi connectivity index (χ4n) is 1.13. The molecule has 21 heavy (non-hydrogen) atoms. The molecule has 1 aromatic rings. The van der Waals surface area contributed by atoms with E-state index in [1.165, 1.54) is 0 Å². The molecule has 1 rings (SSSR count). The summed E-state index contributed by atoms with van der Waals surface area (Å²) in [6, 6.07) is 1.16. The highest BCUT2D eigenvalue weighted by molar-refractivity contribution is 6.39. The maximum absolute atomic E-state index is 12.5. The van der Waals surface area contributed by atoms with Crippen LogP contribution in [-0.2, 0) is 6.18 Å². The van der Waals surface area contributed by atoms with Crippen LogP contribution in [0.2, 0.25) is 10.0 Å². The summed E-state index contributed by atoms with van der Waals surface area (Å²) in [7, 11) is 0. The van der Waals surface area contributed by atoms with Gasteiger partial charge in [0.15, 0.2) is 6.21 Å². The lowest BCUT2D eigenvalue weighted by molar-refractivity contribution is -0.345. The molecule has 0 aliphatic rings. The molecular formula is C9H5Cl2F3N4O3. The molecule has 0 aromatic heterocycles. The first-order valence-electron chi connectivity index (χ1n) is 4.88. The Morgan fingerprint density at radius 3 is 2.29 bits per heavy atom. The third-order valence-corrected chi connectivity index (χ3v) is 2.61. The van der Waals surface area contributed by atoms with Crippen molar-refractivity contribution in [2.75, 3.05) is 5.43 Å². The average Bonchev–Trinajstić information content (AvgIpc) is 2.34. The van der Waals surface area contributed by atoms with Crippen molar-refractivity contribution in [1.82, 2.24) is 0 Å². The summed E-state index contributed by atoms with van der Waals surface area (Å²) in [6.07, 6.45) is -4.25. The first-order chi connectivity index (χ1) is 9.66. The predicted octanol–water partition coefficient (Wildman–Crippen LogP) is 3.47. The quantitative estimate of drug-likeness (QED) is 0.288. The number of nitro groups is 1. The van der Waals surface area contributed by atoms with E-state index in [2.05, 4.69) is 10.3 Å². The van der Waals surface area contributed by atoms with Gasteiger partial charge in [-0.25, -0.2) is 0 Å². The van der Waals surface area contributed by atoms with Crippen molar-refractivity contribution in [3.05, 3.63) is 37.9 Å². The monoisotopic (exact) mass is 344 g/mol. The van der Waals surface area contributed by atoms with Crippen LogP contribution in [0.1, 0.15) is 5.56 Å². The average molecular weight is 345 g/mol. The minimum atomic E-state index is -4.65. The zero-order chi connectivity index (χ0) is 16.2. The molecule has 2 N–H and O–H groups in total. The van der Waals surface area contributed by atoms with E-state index in [-0.39, 0.29) is 5.69 Å². The number of nitrogens with zero attached hydrogens (tertiary/aromatic N) is 3. The third kappa shape index (κ3) is 4.46. The molecule has 0 aliphatic heterocycles. The van der Waals surface area contributed by atoms with Crippen LogP contribution in [0.4, 0.5) is 18.9 Å². The Morgan fingerprint density at radius 1 is 1.38 bits per heavy atom. The summed E-state index contributed by atoms with van der Waals surface area (Å²) in [5, 5.41) is 23.4. The molecule has 0 radical (unpaired) electrons. The number of rotatable bonds is 3. The molecular weight excluding hydrogens is 340 g/mol. The van der Waals surface area contributed by atoms with Crippen LogP contribution >= 0.6 is 23.2 Å². The number of amidine groups is 1. The highest BCUT2D eigenvalue weighted by Gasteiger charge is 2.32. The Kier molecular flexibility index (Phi) is 5.33. The molecule has 0 saturated heterocycles. The number of hydrazone groups is 1. The lowest BCUT2D eigenvalue weighted by Crippen LogP contribution is -2.15. The van der Waals surface area contributed by atoms with Gasteiger partial charge in [0.1, 0.15) is 5.69 Å². The summed E-state index contributed by atoms with van der Waals surface area (Å²) >= 11 is 11.2. The fraction of sp³-hybridized carbons (Fsp3) is 0.111. The topological polar surface area (TPSA) is 100 Å². The van der Waals surface area contributed by atoms with E-state index in [0.717, 1.165) is 0 Å². The second kappa shape index (κ2) is 6.59. The predicted molar refractivity (Wildman–Crippen MR) is 69.8 cm³/mol. The first kappa shape index (κ1) is 17.0. The lowest BCUT2D eigenvalue weighted by Gasteiger charge is -2.10. The lowest BCUT2D eigenvalue weighted by atomic mass is 10.2. The van der Waals surface area contributed by atoms with Gasteiger partial charge in [0, 0.05) is 0 Å². The van der Waals surface area contributed by atoms with Crippen molar-refractivity contribution in [3.8, 4) is 0 Å². The van der Waals surface area contributed by atoms with Gasteiger partial charge in [-0.1, -0.05) is 28.4 Å². The Labute approximate surface area is 124 Å². The Balaban J connectivity index is 3.16. The Morgan fingerprint density at radius 2 is 1.90 bits per heavy atom. The van der Waals surface area contributed by atoms with E-state index < -0.39 is 32.5 Å². The second-order valence-corrected chi connectivity index (χ2v) is 4.21. The molecule has 0 bridgehead atoms. The Bertz CT molecular complexity index is 596. The van der Waals surface area contributed by atoms with E-state index in [4.69, 9.17) is 28.4 Å². The molecule has 0 aliphatic carbocycles. The van der Waals surface area contributed by atoms with Crippen LogP contribution in [0.15, 0.2) is 22.4 Å². The molecule has 0 fully saturated rings. The molecule has 1 aromatic carbocycles. The van der Waals surface area contributed by atoms with Crippen molar-refractivity contribution < 1.29 is 23.3 Å². The van der Waals surface area contributed by atoms with Crippen LogP contribution in [0.25, 0.3) is 0 Å². The molecule has 0 heterocycles. The summed E-state index contributed by atoms with van der Waals surface area (Å²) in [4.78, 5) is 9.48. The minimum absolute atomic E-state index is 0.267. The normalized spacial score (nSPS) is 12.7. The van der Waals surface area contributed by atoms with Crippen molar-refractivity contribution >= 4 is 40.9 Å². The van der Waals surface area contributed by atoms with Crippen LogP contribution in [0.3, 0.4) is 0 Å². The van der Waals surface area contributed by atoms with Crippen molar-refractivity contribution in [2.24, 2.45) is 10.3 Å². The second-order valence-electron chi connectivity index (χ2n) is 3.40. The number of oxime groups is 1. The summed E-state index contributed by atoms with van der Waals surface area (Å²) in [6.45, 7) is 0. The number of nitrogens with one attached hydrogen (secondary N) is 1. The largest absolute Gasteiger partial charge is 0.416 e. The van der Waals surface area contributed by atoms with E-state index in [1.54, 1.807) is 0 Å². The molecule has 114 valence electrons. The Hall–Kier alpha value is -2.07. The van der Waals surface area contributed by atoms with Crippen LogP contribution in [0.5, 0.6) is 0 Å². The number of hydrogen-bond acceptors (Lipinski definition) is 6. The van der Waals surface area contributed by atoms with E-state index >= 15 is 0 Å². The van der Waals surface area contributed by atoms with Crippen LogP contribution in [-0.4, -0.2) is 22.2 Å². The molecule has 12 heteroatoms. The molecule has 0 amide bonds. The van der Waals surface area contributed by atoms with Gasteiger partial charge in [0.05, 0.1) is 20.7 Å². The van der Waals surface area contributed by atoms with Gasteiger partial charge in [-0.15, -0.1) is 0 Å². The number of alkyl halides is 3. The van der Waals surface area contributed by atoms with Gasteiger partial charge in [-0.3, -0.25) is 0 Å². The van der Waals surface area contributed by atoms with Gasteiger partial charge in [-0.05, 0) is 17.1 Å². The number of halogens is 5. The highest BCUT2D eigenvalue weighted by Crippen LogP contribution is 2.38. The van der Waals surface area contributed by atoms with E-state index in [0.29, 0.717) is 18.3 Å². The van der Waals surface area contributed by atoms with Gasteiger partial charge < -0.3 is 15.3 Å². The van der Waals surface area contributed by atoms with Crippen molar-refractivity contribution in [3.63, 3.8) is 0 Å². The number of benzene rings is 1. The summed E-state index contributed by atoms with van der Waals surface area (Å²) in [5.74, 6) is -0.912. The number of anilines is 1. The van der Waals surface area contributed by atoms with Gasteiger partial charge in [0.2, 0.25) is 0 Å². The fourth-order valence-corrected chi connectivity index (χ4v) is 1.70. The van der Waals surface area contributed by atoms with E-state index in [9.17, 15) is 23.3 Å². The standard InChI is InChI=1S/C9H5Cl2F3N4O3/c10-5-1-4(9(12,13)14)2-6(11)8(5)17-16-7(3-15-19)18(20)21/h1-3,17,19H/b15-3+,16-7-. The maximum Gasteiger partial charge on any atom is 0.416 e. The molecule has 0 unspecified atom stereocenters. The van der Waals surface area contributed by atoms with Gasteiger partial charge in [-0.2, -0.15) is 18.6 Å². The SMILES string of the molecule is O=[N+]([O-])C(/C=N/O)=N\Nc1c(Cl)cc(C(F)(F)F)cc1Cl. The molecule has 7 nitrogen and oxygen atoms in total. The van der Waals surface area contributed by atoms with Crippen LogP contribution < -0.4 is 5.43 Å². The summed E-state index contributed by atoms with van der Waals surface area (Å²) < 4.78 is 37.5. The summed E-state index contributed by atoms with van der Waals surface area (Å²) in [5.41, 5.74) is 0.687. The number of hydrogen-bond donors (Lipinski definition) is 2. The highest BCUT2D eigenvalue weighted by atomic mass is 35.5. The van der Waals surface area contributed by atoms with Gasteiger partial charge >= 0.3 is 12.0 Å². The van der Waals surface area contributed by atoms with Crippen LogP contribution in [0, 0.1) is 10.1 Å². The molecule has 0 atom stereocenters. The zero-order valence-electron chi connectivity index (χ0n) is 9.73. The molecule has 0 spiro atoms. The minimum Gasteiger partial charge on any atom is -0.411 e. The van der Waals surface area contributed by atoms with Crippen molar-refractivity contribution in [1.29, 1.82) is 0 Å². The third-order valence-electron chi connectivity index (χ3n) is 2.01. The van der Waals surface area contributed by atoms with Gasteiger partial charge in [0.25, 0.3) is 0 Å². The molecule has 0 saturated carbocycles. The van der Waals surface area contributed by atoms with E-state index in [1.807, 2.05) is 5.43 Å². The zero-order valence-corrected chi connectivity index (χ0v) is 11.2. The van der Waals surface area contributed by atoms with Crippen molar-refractivity contribution in [2.45, 2.75) is 6.18 Å².